The summed E-state index contributed by atoms with van der Waals surface area (Å²) in [5, 5.41) is 14.9. The van der Waals surface area contributed by atoms with Gasteiger partial charge in [0, 0.05) is 25.2 Å². The summed E-state index contributed by atoms with van der Waals surface area (Å²) in [4.78, 5) is 11.1. The van der Waals surface area contributed by atoms with Crippen molar-refractivity contribution in [3.63, 3.8) is 0 Å². The van der Waals surface area contributed by atoms with Gasteiger partial charge in [-0.25, -0.2) is 8.42 Å². The Hall–Kier alpha value is -1.67. The van der Waals surface area contributed by atoms with E-state index in [2.05, 4.69) is 12.2 Å². The van der Waals surface area contributed by atoms with Crippen LogP contribution in [0, 0.1) is 16.0 Å². The van der Waals surface area contributed by atoms with E-state index in [1.165, 1.54) is 22.9 Å². The minimum absolute atomic E-state index is 0.0124. The molecule has 1 saturated heterocycles. The van der Waals surface area contributed by atoms with Crippen LogP contribution in [0.15, 0.2) is 23.1 Å². The number of sulfonamides is 1. The molecule has 1 aromatic rings. The zero-order valence-corrected chi connectivity index (χ0v) is 16.7. The first kappa shape index (κ1) is 20.1. The van der Waals surface area contributed by atoms with Gasteiger partial charge in [0.15, 0.2) is 0 Å². The predicted octanol–water partition coefficient (Wildman–Crippen LogP) is 4.15. The van der Waals surface area contributed by atoms with E-state index < -0.39 is 14.9 Å². The van der Waals surface area contributed by atoms with Crippen molar-refractivity contribution in [3.8, 4) is 0 Å². The third kappa shape index (κ3) is 4.60. The normalized spacial score (nSPS) is 24.9. The Kier molecular flexibility index (Phi) is 6.37. The summed E-state index contributed by atoms with van der Waals surface area (Å²) in [7, 11) is -3.70. The number of hydrogen-bond donors (Lipinski definition) is 1. The first-order valence-electron chi connectivity index (χ1n) is 9.95. The van der Waals surface area contributed by atoms with Crippen molar-refractivity contribution >= 4 is 21.4 Å². The molecule has 2 fully saturated rings. The minimum Gasteiger partial charge on any atom is -0.376 e. The molecule has 0 radical (unpaired) electrons. The molecule has 0 spiro atoms. The van der Waals surface area contributed by atoms with Gasteiger partial charge in [-0.05, 0) is 43.7 Å². The largest absolute Gasteiger partial charge is 0.376 e. The van der Waals surface area contributed by atoms with Crippen LogP contribution in [0.2, 0.25) is 0 Å². The average molecular weight is 396 g/mol. The summed E-state index contributed by atoms with van der Waals surface area (Å²) in [6, 6.07) is 4.47. The lowest BCUT2D eigenvalue weighted by atomic mass is 9.86. The van der Waals surface area contributed by atoms with E-state index in [0.717, 1.165) is 44.9 Å². The van der Waals surface area contributed by atoms with Gasteiger partial charge < -0.3 is 5.32 Å². The molecular weight excluding hydrogens is 366 g/mol. The second-order valence-electron chi connectivity index (χ2n) is 7.77. The average Bonchev–Trinajstić information content (AvgIpc) is 2.93. The monoisotopic (exact) mass is 395 g/mol. The van der Waals surface area contributed by atoms with Crippen molar-refractivity contribution in [2.75, 3.05) is 18.4 Å². The molecule has 2 aliphatic rings. The van der Waals surface area contributed by atoms with Gasteiger partial charge in [0.2, 0.25) is 10.0 Å². The number of rotatable bonds is 5. The van der Waals surface area contributed by atoms with Crippen molar-refractivity contribution < 1.29 is 13.3 Å². The third-order valence-electron chi connectivity index (χ3n) is 5.82. The molecule has 1 saturated carbocycles. The number of hydrogen-bond acceptors (Lipinski definition) is 5. The van der Waals surface area contributed by atoms with Crippen LogP contribution in [-0.2, 0) is 10.0 Å². The van der Waals surface area contributed by atoms with Gasteiger partial charge >= 0.3 is 0 Å². The first-order valence-corrected chi connectivity index (χ1v) is 11.4. The molecule has 3 rings (SSSR count). The topological polar surface area (TPSA) is 92.6 Å². The molecule has 0 aromatic heterocycles. The van der Waals surface area contributed by atoms with E-state index in [1.54, 1.807) is 6.07 Å². The molecular formula is C19H29N3O4S. The third-order valence-corrected chi connectivity index (χ3v) is 7.72. The van der Waals surface area contributed by atoms with Crippen molar-refractivity contribution in [1.29, 1.82) is 0 Å². The quantitative estimate of drug-likeness (QED) is 0.597. The smallest absolute Gasteiger partial charge is 0.293 e. The summed E-state index contributed by atoms with van der Waals surface area (Å²) >= 11 is 0. The maximum atomic E-state index is 13.0. The lowest BCUT2D eigenvalue weighted by Crippen LogP contribution is -2.32. The van der Waals surface area contributed by atoms with E-state index in [1.807, 2.05) is 0 Å². The molecule has 1 aliphatic heterocycles. The van der Waals surface area contributed by atoms with Gasteiger partial charge in [-0.15, -0.1) is 0 Å². The van der Waals surface area contributed by atoms with E-state index in [9.17, 15) is 18.5 Å². The summed E-state index contributed by atoms with van der Waals surface area (Å²) in [6.07, 6.45) is 8.09. The molecule has 2 unspecified atom stereocenters. The first-order chi connectivity index (χ1) is 12.9. The Balaban J connectivity index is 1.87. The molecule has 27 heavy (non-hydrogen) atoms. The van der Waals surface area contributed by atoms with Crippen molar-refractivity contribution in [2.24, 2.45) is 5.92 Å². The fourth-order valence-corrected chi connectivity index (χ4v) is 5.64. The Bertz CT molecular complexity index is 773. The predicted molar refractivity (Wildman–Crippen MR) is 105 cm³/mol. The number of nitro groups is 1. The van der Waals surface area contributed by atoms with Crippen LogP contribution in [-0.4, -0.2) is 36.8 Å². The van der Waals surface area contributed by atoms with Crippen LogP contribution < -0.4 is 5.32 Å². The molecule has 2 atom stereocenters. The standard InChI is InChI=1S/C19H29N3O4S/c1-15-8-4-5-9-17(15)20-18-11-10-16(14-19(18)22(23)24)27(25,26)21-12-6-2-3-7-13-21/h10-11,14-15,17,20H,2-9,12-13H2,1H3. The zero-order valence-electron chi connectivity index (χ0n) is 15.9. The fourth-order valence-electron chi connectivity index (χ4n) is 4.11. The van der Waals surface area contributed by atoms with Crippen LogP contribution in [0.1, 0.15) is 58.3 Å². The van der Waals surface area contributed by atoms with Crippen molar-refractivity contribution in [2.45, 2.75) is 69.2 Å². The number of anilines is 1. The van der Waals surface area contributed by atoms with E-state index in [-0.39, 0.29) is 16.6 Å². The summed E-state index contributed by atoms with van der Waals surface area (Å²) in [5.74, 6) is 0.443. The van der Waals surface area contributed by atoms with Crippen LogP contribution in [0.25, 0.3) is 0 Å². The highest BCUT2D eigenvalue weighted by Gasteiger charge is 2.29. The second-order valence-corrected chi connectivity index (χ2v) is 9.70. The van der Waals surface area contributed by atoms with E-state index in [4.69, 9.17) is 0 Å². The maximum absolute atomic E-state index is 13.0. The van der Waals surface area contributed by atoms with Gasteiger partial charge in [-0.2, -0.15) is 4.31 Å². The van der Waals surface area contributed by atoms with Crippen molar-refractivity contribution in [3.05, 3.63) is 28.3 Å². The molecule has 1 N–H and O–H groups in total. The highest BCUT2D eigenvalue weighted by molar-refractivity contribution is 7.89. The molecule has 150 valence electrons. The van der Waals surface area contributed by atoms with E-state index in [0.29, 0.717) is 24.7 Å². The summed E-state index contributed by atoms with van der Waals surface area (Å²) < 4.78 is 27.4. The molecule has 7 nitrogen and oxygen atoms in total. The lowest BCUT2D eigenvalue weighted by molar-refractivity contribution is -0.384. The van der Waals surface area contributed by atoms with E-state index >= 15 is 0 Å². The maximum Gasteiger partial charge on any atom is 0.293 e. The highest BCUT2D eigenvalue weighted by atomic mass is 32.2. The molecule has 0 amide bonds. The van der Waals surface area contributed by atoms with Gasteiger partial charge in [0.25, 0.3) is 5.69 Å². The molecule has 0 bridgehead atoms. The molecule has 1 aliphatic carbocycles. The molecule has 1 heterocycles. The van der Waals surface area contributed by atoms with Crippen molar-refractivity contribution in [1.82, 2.24) is 4.31 Å². The summed E-state index contributed by atoms with van der Waals surface area (Å²) in [6.45, 7) is 3.12. The Morgan fingerprint density at radius 3 is 2.37 bits per heavy atom. The second kappa shape index (κ2) is 8.56. The van der Waals surface area contributed by atoms with Gasteiger partial charge in [-0.3, -0.25) is 10.1 Å². The fraction of sp³-hybridized carbons (Fsp3) is 0.684. The minimum atomic E-state index is -3.70. The zero-order chi connectivity index (χ0) is 19.4. The van der Waals surface area contributed by atoms with Crippen LogP contribution in [0.5, 0.6) is 0 Å². The number of nitrogens with zero attached hydrogens (tertiary/aromatic N) is 2. The van der Waals surface area contributed by atoms with Crippen LogP contribution in [0.4, 0.5) is 11.4 Å². The Labute approximate surface area is 161 Å². The lowest BCUT2D eigenvalue weighted by Gasteiger charge is -2.30. The SMILES string of the molecule is CC1CCCCC1Nc1ccc(S(=O)(=O)N2CCCCCC2)cc1[N+](=O)[O-]. The summed E-state index contributed by atoms with van der Waals surface area (Å²) in [5.41, 5.74) is 0.247. The Morgan fingerprint density at radius 1 is 1.07 bits per heavy atom. The molecule has 8 heteroatoms. The molecule has 1 aromatic carbocycles. The highest BCUT2D eigenvalue weighted by Crippen LogP contribution is 2.33. The van der Waals surface area contributed by atoms with Crippen LogP contribution in [0.3, 0.4) is 0 Å². The van der Waals surface area contributed by atoms with Crippen LogP contribution >= 0.6 is 0 Å². The van der Waals surface area contributed by atoms with Gasteiger partial charge in [0.05, 0.1) is 9.82 Å². The Morgan fingerprint density at radius 2 is 1.74 bits per heavy atom. The number of nitrogens with one attached hydrogen (secondary N) is 1. The van der Waals surface area contributed by atoms with Gasteiger partial charge in [0.1, 0.15) is 5.69 Å². The van der Waals surface area contributed by atoms with Gasteiger partial charge in [-0.1, -0.05) is 32.6 Å². The number of benzene rings is 1. The number of nitro benzene ring substituents is 1.